The molecule has 92 valence electrons. The van der Waals surface area contributed by atoms with Gasteiger partial charge in [0, 0.05) is 15.5 Å². The van der Waals surface area contributed by atoms with Crippen LogP contribution in [0, 0.1) is 0 Å². The van der Waals surface area contributed by atoms with Crippen molar-refractivity contribution in [1.82, 2.24) is 4.98 Å². The number of rotatable bonds is 3. The van der Waals surface area contributed by atoms with Gasteiger partial charge in [-0.25, -0.2) is 9.78 Å². The molecule has 18 heavy (non-hydrogen) atoms. The molecule has 0 saturated heterocycles. The number of hydrogen-bond acceptors (Lipinski definition) is 4. The molecule has 0 aliphatic heterocycles. The summed E-state index contributed by atoms with van der Waals surface area (Å²) in [4.78, 5) is 26.1. The van der Waals surface area contributed by atoms with E-state index in [1.54, 1.807) is 24.3 Å². The lowest BCUT2D eigenvalue weighted by Crippen LogP contribution is -2.12. The van der Waals surface area contributed by atoms with Crippen molar-refractivity contribution >= 4 is 44.8 Å². The van der Waals surface area contributed by atoms with Gasteiger partial charge in [0.2, 0.25) is 0 Å². The highest BCUT2D eigenvalue weighted by Crippen LogP contribution is 2.16. The molecule has 0 bridgehead atoms. The van der Waals surface area contributed by atoms with Crippen LogP contribution in [0.1, 0.15) is 20.3 Å². The van der Waals surface area contributed by atoms with Crippen molar-refractivity contribution < 1.29 is 14.7 Å². The number of anilines is 1. The molecule has 0 atom stereocenters. The highest BCUT2D eigenvalue weighted by Gasteiger charge is 2.14. The van der Waals surface area contributed by atoms with Crippen LogP contribution in [0.4, 0.5) is 5.69 Å². The summed E-state index contributed by atoms with van der Waals surface area (Å²) in [6.07, 6.45) is 0. The fourth-order valence-electron chi connectivity index (χ4n) is 1.19. The van der Waals surface area contributed by atoms with Crippen LogP contribution in [0.5, 0.6) is 0 Å². The number of halogens is 1. The predicted octanol–water partition coefficient (Wildman–Crippen LogP) is 2.86. The number of amides is 1. The first-order valence-corrected chi connectivity index (χ1v) is 6.49. The third-order valence-electron chi connectivity index (χ3n) is 2.02. The van der Waals surface area contributed by atoms with Crippen molar-refractivity contribution in [3.8, 4) is 0 Å². The van der Waals surface area contributed by atoms with Gasteiger partial charge < -0.3 is 10.4 Å². The fourth-order valence-corrected chi connectivity index (χ4v) is 2.14. The topological polar surface area (TPSA) is 79.3 Å². The number of benzene rings is 1. The smallest absolute Gasteiger partial charge is 0.355 e. The molecule has 7 heteroatoms. The van der Waals surface area contributed by atoms with Crippen LogP contribution in [0.15, 0.2) is 34.1 Å². The lowest BCUT2D eigenvalue weighted by atomic mass is 10.3. The van der Waals surface area contributed by atoms with E-state index in [2.05, 4.69) is 26.2 Å². The number of nitrogens with one attached hydrogen (secondary N) is 1. The van der Waals surface area contributed by atoms with Crippen LogP contribution in [0.3, 0.4) is 0 Å². The predicted molar refractivity (Wildman–Crippen MR) is 71.2 cm³/mol. The van der Waals surface area contributed by atoms with E-state index in [0.717, 1.165) is 15.8 Å². The standard InChI is InChI=1S/C11H7BrN2O3S/c12-6-1-3-7(4-2-6)13-9(15)10-14-8(5-18-10)11(16)17/h1-5H,(H,13,15)(H,16,17). The Balaban J connectivity index is 2.11. The van der Waals surface area contributed by atoms with Crippen molar-refractivity contribution in [2.24, 2.45) is 0 Å². The third-order valence-corrected chi connectivity index (χ3v) is 3.39. The van der Waals surface area contributed by atoms with E-state index in [1.165, 1.54) is 5.38 Å². The zero-order valence-electron chi connectivity index (χ0n) is 8.88. The summed E-state index contributed by atoms with van der Waals surface area (Å²) in [7, 11) is 0. The third kappa shape index (κ3) is 2.93. The minimum Gasteiger partial charge on any atom is -0.476 e. The van der Waals surface area contributed by atoms with E-state index in [1.807, 2.05) is 0 Å². The van der Waals surface area contributed by atoms with Crippen LogP contribution in [0.2, 0.25) is 0 Å². The van der Waals surface area contributed by atoms with Crippen molar-refractivity contribution in [3.63, 3.8) is 0 Å². The Labute approximate surface area is 115 Å². The highest BCUT2D eigenvalue weighted by molar-refractivity contribution is 9.10. The second kappa shape index (κ2) is 5.28. The lowest BCUT2D eigenvalue weighted by molar-refractivity contribution is 0.0691. The number of carboxylic acids is 1. The van der Waals surface area contributed by atoms with E-state index >= 15 is 0 Å². The Morgan fingerprint density at radius 1 is 1.28 bits per heavy atom. The first kappa shape index (κ1) is 12.7. The van der Waals surface area contributed by atoms with Gasteiger partial charge in [-0.15, -0.1) is 11.3 Å². The summed E-state index contributed by atoms with van der Waals surface area (Å²) in [6.45, 7) is 0. The van der Waals surface area contributed by atoms with Crippen LogP contribution >= 0.6 is 27.3 Å². The molecule has 0 radical (unpaired) electrons. The Kier molecular flexibility index (Phi) is 3.73. The lowest BCUT2D eigenvalue weighted by Gasteiger charge is -2.02. The number of hydrogen-bond donors (Lipinski definition) is 2. The van der Waals surface area contributed by atoms with Gasteiger partial charge in [0.1, 0.15) is 0 Å². The van der Waals surface area contributed by atoms with Gasteiger partial charge in [-0.1, -0.05) is 15.9 Å². The fraction of sp³-hybridized carbons (Fsp3) is 0. The number of nitrogens with zero attached hydrogens (tertiary/aromatic N) is 1. The largest absolute Gasteiger partial charge is 0.476 e. The molecule has 1 aromatic heterocycles. The number of carbonyl (C=O) groups is 2. The maximum absolute atomic E-state index is 11.8. The average Bonchev–Trinajstić information content (AvgIpc) is 2.81. The summed E-state index contributed by atoms with van der Waals surface area (Å²) in [5.41, 5.74) is 0.497. The maximum Gasteiger partial charge on any atom is 0.355 e. The number of aromatic carboxylic acids is 1. The molecule has 0 unspecified atom stereocenters. The summed E-state index contributed by atoms with van der Waals surface area (Å²) in [6, 6.07) is 7.04. The molecule has 1 heterocycles. The first-order chi connectivity index (χ1) is 8.56. The monoisotopic (exact) mass is 326 g/mol. The minimum absolute atomic E-state index is 0.121. The van der Waals surface area contributed by atoms with E-state index in [4.69, 9.17) is 5.11 Å². The average molecular weight is 327 g/mol. The highest BCUT2D eigenvalue weighted by atomic mass is 79.9. The molecule has 0 spiro atoms. The zero-order chi connectivity index (χ0) is 13.1. The molecule has 2 aromatic rings. The molecule has 0 aliphatic carbocycles. The molecular weight excluding hydrogens is 320 g/mol. The summed E-state index contributed by atoms with van der Waals surface area (Å²) < 4.78 is 0.905. The zero-order valence-corrected chi connectivity index (χ0v) is 11.3. The van der Waals surface area contributed by atoms with Crippen LogP contribution in [0.25, 0.3) is 0 Å². The Bertz CT molecular complexity index is 595. The molecule has 1 amide bonds. The molecule has 0 saturated carbocycles. The van der Waals surface area contributed by atoms with Crippen LogP contribution in [-0.4, -0.2) is 22.0 Å². The second-order valence-electron chi connectivity index (χ2n) is 3.30. The molecular formula is C11H7BrN2O3S. The molecule has 5 nitrogen and oxygen atoms in total. The molecule has 1 aromatic carbocycles. The normalized spacial score (nSPS) is 10.1. The van der Waals surface area contributed by atoms with Gasteiger partial charge in [-0.2, -0.15) is 0 Å². The summed E-state index contributed by atoms with van der Waals surface area (Å²) in [5.74, 6) is -1.57. The van der Waals surface area contributed by atoms with Gasteiger partial charge >= 0.3 is 5.97 Å². The Morgan fingerprint density at radius 2 is 1.94 bits per heavy atom. The molecule has 0 fully saturated rings. The molecule has 0 aliphatic rings. The first-order valence-electron chi connectivity index (χ1n) is 4.82. The van der Waals surface area contributed by atoms with E-state index in [-0.39, 0.29) is 10.7 Å². The van der Waals surface area contributed by atoms with Crippen molar-refractivity contribution in [3.05, 3.63) is 44.8 Å². The Morgan fingerprint density at radius 3 is 2.50 bits per heavy atom. The SMILES string of the molecule is O=C(O)c1csc(C(=O)Nc2ccc(Br)cc2)n1. The maximum atomic E-state index is 11.8. The quantitative estimate of drug-likeness (QED) is 0.908. The van der Waals surface area contributed by atoms with Gasteiger partial charge in [0.25, 0.3) is 5.91 Å². The van der Waals surface area contributed by atoms with Crippen molar-refractivity contribution in [2.75, 3.05) is 5.32 Å². The summed E-state index contributed by atoms with van der Waals surface area (Å²) in [5, 5.41) is 12.8. The molecule has 2 N–H and O–H groups in total. The second-order valence-corrected chi connectivity index (χ2v) is 5.08. The number of carbonyl (C=O) groups excluding carboxylic acids is 1. The Hall–Kier alpha value is -1.73. The van der Waals surface area contributed by atoms with Crippen molar-refractivity contribution in [1.29, 1.82) is 0 Å². The van der Waals surface area contributed by atoms with Gasteiger partial charge in [0.05, 0.1) is 0 Å². The molecule has 2 rings (SSSR count). The van der Waals surface area contributed by atoms with Gasteiger partial charge in [0.15, 0.2) is 10.7 Å². The van der Waals surface area contributed by atoms with Gasteiger partial charge in [-0.05, 0) is 24.3 Å². The number of thiazole rings is 1. The summed E-state index contributed by atoms with van der Waals surface area (Å²) >= 11 is 4.28. The minimum atomic E-state index is -1.14. The van der Waals surface area contributed by atoms with E-state index in [0.29, 0.717) is 5.69 Å². The van der Waals surface area contributed by atoms with Crippen LogP contribution < -0.4 is 5.32 Å². The number of carboxylic acid groups (broad SMARTS) is 1. The van der Waals surface area contributed by atoms with E-state index < -0.39 is 11.9 Å². The van der Waals surface area contributed by atoms with Crippen molar-refractivity contribution in [2.45, 2.75) is 0 Å². The van der Waals surface area contributed by atoms with Gasteiger partial charge in [-0.3, -0.25) is 4.79 Å². The number of aromatic nitrogens is 1. The van der Waals surface area contributed by atoms with E-state index in [9.17, 15) is 9.59 Å². The van der Waals surface area contributed by atoms with Crippen LogP contribution in [-0.2, 0) is 0 Å².